The number of pyridine rings is 1. The maximum atomic E-state index is 11.0. The van der Waals surface area contributed by atoms with Gasteiger partial charge in [0.25, 0.3) is 0 Å². The molecule has 1 N–H and O–H groups in total. The monoisotopic (exact) mass is 390 g/mol. The second-order valence-corrected chi connectivity index (χ2v) is 6.59. The third kappa shape index (κ3) is 3.60. The third-order valence-electron chi connectivity index (χ3n) is 4.93. The van der Waals surface area contributed by atoms with E-state index in [1.807, 2.05) is 41.3 Å². The van der Waals surface area contributed by atoms with Crippen molar-refractivity contribution in [1.29, 1.82) is 5.26 Å². The molecule has 0 aliphatic carbocycles. The van der Waals surface area contributed by atoms with Crippen LogP contribution in [-0.4, -0.2) is 64.6 Å². The highest BCUT2D eigenvalue weighted by molar-refractivity contribution is 5.87. The number of aromatic nitrogens is 3. The SMILES string of the molecule is COc1cc2ccc(C#N)nc2cc1-c1ccc(N2CCN(C(=O)O)CC2)nn1. The van der Waals surface area contributed by atoms with Gasteiger partial charge in [0, 0.05) is 37.1 Å². The molecule has 0 saturated carbocycles. The number of methoxy groups -OCH3 is 1. The third-order valence-corrected chi connectivity index (χ3v) is 4.93. The van der Waals surface area contributed by atoms with Crippen molar-refractivity contribution in [3.63, 3.8) is 0 Å². The number of ether oxygens (including phenoxy) is 1. The van der Waals surface area contributed by atoms with Crippen LogP contribution >= 0.6 is 0 Å². The van der Waals surface area contributed by atoms with Crippen LogP contribution in [0.4, 0.5) is 10.6 Å². The first-order chi connectivity index (χ1) is 14.1. The van der Waals surface area contributed by atoms with Crippen LogP contribution in [0.2, 0.25) is 0 Å². The predicted octanol–water partition coefficient (Wildman–Crippen LogP) is 2.37. The predicted molar refractivity (Wildman–Crippen MR) is 106 cm³/mol. The molecule has 1 amide bonds. The van der Waals surface area contributed by atoms with Crippen molar-refractivity contribution >= 4 is 22.8 Å². The summed E-state index contributed by atoms with van der Waals surface area (Å²) in [6, 6.07) is 13.0. The molecule has 0 spiro atoms. The number of nitriles is 1. The Morgan fingerprint density at radius 3 is 2.55 bits per heavy atom. The van der Waals surface area contributed by atoms with Gasteiger partial charge in [0.1, 0.15) is 17.5 Å². The summed E-state index contributed by atoms with van der Waals surface area (Å²) < 4.78 is 5.51. The molecule has 1 fully saturated rings. The van der Waals surface area contributed by atoms with Gasteiger partial charge in [-0.1, -0.05) is 0 Å². The number of piperazine rings is 1. The van der Waals surface area contributed by atoms with Gasteiger partial charge in [0.05, 0.1) is 18.3 Å². The van der Waals surface area contributed by atoms with Crippen molar-refractivity contribution in [2.45, 2.75) is 0 Å². The van der Waals surface area contributed by atoms with E-state index >= 15 is 0 Å². The summed E-state index contributed by atoms with van der Waals surface area (Å²) in [5.41, 5.74) is 2.38. The summed E-state index contributed by atoms with van der Waals surface area (Å²) in [5, 5.41) is 27.7. The summed E-state index contributed by atoms with van der Waals surface area (Å²) in [4.78, 5) is 18.8. The average Bonchev–Trinajstić information content (AvgIpc) is 2.78. The lowest BCUT2D eigenvalue weighted by Gasteiger charge is -2.33. The fraction of sp³-hybridized carbons (Fsp3) is 0.250. The van der Waals surface area contributed by atoms with Gasteiger partial charge < -0.3 is 19.6 Å². The van der Waals surface area contributed by atoms with Crippen molar-refractivity contribution in [2.75, 3.05) is 38.2 Å². The number of hydrogen-bond donors (Lipinski definition) is 1. The Labute approximate surface area is 166 Å². The van der Waals surface area contributed by atoms with Crippen LogP contribution in [0.15, 0.2) is 36.4 Å². The molecule has 3 heterocycles. The summed E-state index contributed by atoms with van der Waals surface area (Å²) in [7, 11) is 1.59. The zero-order chi connectivity index (χ0) is 20.4. The fourth-order valence-corrected chi connectivity index (χ4v) is 3.35. The van der Waals surface area contributed by atoms with Crippen LogP contribution in [0.5, 0.6) is 5.75 Å². The van der Waals surface area contributed by atoms with Gasteiger partial charge in [-0.25, -0.2) is 9.78 Å². The first-order valence-corrected chi connectivity index (χ1v) is 9.05. The number of nitrogens with zero attached hydrogens (tertiary/aromatic N) is 6. The lowest BCUT2D eigenvalue weighted by molar-refractivity contribution is 0.142. The Morgan fingerprint density at radius 2 is 1.93 bits per heavy atom. The van der Waals surface area contributed by atoms with Crippen LogP contribution in [0.3, 0.4) is 0 Å². The normalized spacial score (nSPS) is 13.9. The second-order valence-electron chi connectivity index (χ2n) is 6.59. The van der Waals surface area contributed by atoms with E-state index in [1.54, 1.807) is 13.2 Å². The minimum atomic E-state index is -0.900. The number of anilines is 1. The number of fused-ring (bicyclic) bond motifs is 1. The second kappa shape index (κ2) is 7.59. The molecule has 0 unspecified atom stereocenters. The molecule has 1 aromatic carbocycles. The zero-order valence-electron chi connectivity index (χ0n) is 15.7. The summed E-state index contributed by atoms with van der Waals surface area (Å²) >= 11 is 0. The van der Waals surface area contributed by atoms with Crippen molar-refractivity contribution in [2.24, 2.45) is 0 Å². The highest BCUT2D eigenvalue weighted by Gasteiger charge is 2.21. The molecule has 1 aliphatic heterocycles. The van der Waals surface area contributed by atoms with Crippen LogP contribution in [0, 0.1) is 11.3 Å². The fourth-order valence-electron chi connectivity index (χ4n) is 3.35. The van der Waals surface area contributed by atoms with E-state index in [0.717, 1.165) is 10.9 Å². The van der Waals surface area contributed by atoms with Crippen molar-refractivity contribution < 1.29 is 14.6 Å². The number of rotatable bonds is 3. The summed E-state index contributed by atoms with van der Waals surface area (Å²) in [6.45, 7) is 2.01. The molecule has 4 rings (SSSR count). The van der Waals surface area contributed by atoms with Crippen molar-refractivity contribution in [3.8, 4) is 23.1 Å². The zero-order valence-corrected chi connectivity index (χ0v) is 15.7. The maximum absolute atomic E-state index is 11.0. The molecule has 9 nitrogen and oxygen atoms in total. The topological polar surface area (TPSA) is 115 Å². The van der Waals surface area contributed by atoms with Crippen LogP contribution in [-0.2, 0) is 0 Å². The Morgan fingerprint density at radius 1 is 1.14 bits per heavy atom. The number of hydrogen-bond acceptors (Lipinski definition) is 7. The van der Waals surface area contributed by atoms with Gasteiger partial charge >= 0.3 is 6.09 Å². The van der Waals surface area contributed by atoms with E-state index in [4.69, 9.17) is 15.1 Å². The molecule has 1 saturated heterocycles. The molecule has 29 heavy (non-hydrogen) atoms. The number of benzene rings is 1. The summed E-state index contributed by atoms with van der Waals surface area (Å²) in [5.74, 6) is 1.34. The van der Waals surface area contributed by atoms with E-state index in [-0.39, 0.29) is 0 Å². The van der Waals surface area contributed by atoms with Crippen LogP contribution in [0.1, 0.15) is 5.69 Å². The highest BCUT2D eigenvalue weighted by Crippen LogP contribution is 2.33. The first-order valence-electron chi connectivity index (χ1n) is 9.05. The minimum absolute atomic E-state index is 0.343. The molecular weight excluding hydrogens is 372 g/mol. The smallest absolute Gasteiger partial charge is 0.407 e. The Bertz CT molecular complexity index is 1100. The van der Waals surface area contributed by atoms with Crippen LogP contribution in [0.25, 0.3) is 22.2 Å². The molecule has 9 heteroatoms. The average molecular weight is 390 g/mol. The Balaban J connectivity index is 1.62. The number of carbonyl (C=O) groups is 1. The van der Waals surface area contributed by atoms with E-state index in [9.17, 15) is 4.79 Å². The summed E-state index contributed by atoms with van der Waals surface area (Å²) in [6.07, 6.45) is -0.900. The Kier molecular flexibility index (Phi) is 4.83. The van der Waals surface area contributed by atoms with Gasteiger partial charge in [0.15, 0.2) is 5.82 Å². The molecular formula is C20H18N6O3. The molecule has 2 aromatic heterocycles. The van der Waals surface area contributed by atoms with Gasteiger partial charge in [-0.15, -0.1) is 10.2 Å². The maximum Gasteiger partial charge on any atom is 0.407 e. The first kappa shape index (κ1) is 18.4. The van der Waals surface area contributed by atoms with E-state index in [1.165, 1.54) is 4.90 Å². The standard InChI is InChI=1S/C20H18N6O3/c1-29-18-10-13-2-3-14(12-21)22-17(13)11-15(18)16-4-5-19(24-23-16)25-6-8-26(9-7-25)20(27)28/h2-5,10-11H,6-9H2,1H3,(H,27,28). The molecule has 146 valence electrons. The van der Waals surface area contributed by atoms with Crippen molar-refractivity contribution in [3.05, 3.63) is 42.1 Å². The lowest BCUT2D eigenvalue weighted by atomic mass is 10.1. The molecule has 3 aromatic rings. The molecule has 0 radical (unpaired) electrons. The van der Waals surface area contributed by atoms with Gasteiger partial charge in [-0.3, -0.25) is 0 Å². The largest absolute Gasteiger partial charge is 0.496 e. The van der Waals surface area contributed by atoms with E-state index in [0.29, 0.717) is 54.7 Å². The molecule has 0 bridgehead atoms. The van der Waals surface area contributed by atoms with Crippen LogP contribution < -0.4 is 9.64 Å². The lowest BCUT2D eigenvalue weighted by Crippen LogP contribution is -2.48. The van der Waals surface area contributed by atoms with Gasteiger partial charge in [-0.2, -0.15) is 5.26 Å². The van der Waals surface area contributed by atoms with Gasteiger partial charge in [0.2, 0.25) is 0 Å². The quantitative estimate of drug-likeness (QED) is 0.725. The molecule has 1 aliphatic rings. The molecule has 0 atom stereocenters. The van der Waals surface area contributed by atoms with E-state index in [2.05, 4.69) is 15.2 Å². The minimum Gasteiger partial charge on any atom is -0.496 e. The highest BCUT2D eigenvalue weighted by atomic mass is 16.5. The van der Waals surface area contributed by atoms with Gasteiger partial charge in [-0.05, 0) is 36.4 Å². The van der Waals surface area contributed by atoms with E-state index < -0.39 is 6.09 Å². The van der Waals surface area contributed by atoms with Crippen molar-refractivity contribution in [1.82, 2.24) is 20.1 Å². The Hall–Kier alpha value is -3.93. The number of amides is 1. The number of carboxylic acid groups (broad SMARTS) is 1.